The second-order valence-electron chi connectivity index (χ2n) is 5.78. The maximum atomic E-state index is 10.1. The number of hydrogen-bond donors (Lipinski definition) is 1. The molecule has 1 aliphatic heterocycles. The molecule has 0 amide bonds. The van der Waals surface area contributed by atoms with Gasteiger partial charge in [-0.25, -0.2) is 0 Å². The molecule has 0 saturated carbocycles. The highest BCUT2D eigenvalue weighted by atomic mass is 16.3. The Labute approximate surface area is 116 Å². The molecule has 1 aromatic carbocycles. The van der Waals surface area contributed by atoms with Gasteiger partial charge in [0.1, 0.15) is 5.75 Å². The Balaban J connectivity index is 2.19. The smallest absolute Gasteiger partial charge is 0.120 e. The number of rotatable bonds is 5. The summed E-state index contributed by atoms with van der Waals surface area (Å²) in [6, 6.07) is 8.73. The molecule has 1 N–H and O–H groups in total. The van der Waals surface area contributed by atoms with E-state index in [1.165, 1.54) is 12.8 Å². The van der Waals surface area contributed by atoms with E-state index < -0.39 is 0 Å². The fourth-order valence-electron chi connectivity index (χ4n) is 3.29. The van der Waals surface area contributed by atoms with Crippen LogP contribution in [0.2, 0.25) is 0 Å². The van der Waals surface area contributed by atoms with E-state index in [4.69, 9.17) is 0 Å². The van der Waals surface area contributed by atoms with Crippen LogP contribution in [0.15, 0.2) is 24.3 Å². The second kappa shape index (κ2) is 6.40. The van der Waals surface area contributed by atoms with E-state index in [2.05, 4.69) is 36.9 Å². The molecule has 106 valence electrons. The Kier molecular flexibility index (Phi) is 4.83. The minimum atomic E-state index is 0.341. The number of phenolic OH excluding ortho intramolecular Hbond substituents is 1. The van der Waals surface area contributed by atoms with Crippen molar-refractivity contribution in [2.75, 3.05) is 27.2 Å². The molecular weight excluding hydrogens is 236 g/mol. The summed E-state index contributed by atoms with van der Waals surface area (Å²) in [5, 5.41) is 10.1. The second-order valence-corrected chi connectivity index (χ2v) is 5.78. The van der Waals surface area contributed by atoms with Gasteiger partial charge in [0.2, 0.25) is 0 Å². The van der Waals surface area contributed by atoms with E-state index in [-0.39, 0.29) is 0 Å². The monoisotopic (exact) mass is 262 g/mol. The molecule has 0 radical (unpaired) electrons. The van der Waals surface area contributed by atoms with Crippen molar-refractivity contribution in [1.29, 1.82) is 0 Å². The summed E-state index contributed by atoms with van der Waals surface area (Å²) >= 11 is 0. The Morgan fingerprint density at radius 1 is 1.37 bits per heavy atom. The SMILES string of the molecule is CCC(c1ccccc1O)N1CCCC1CN(C)C. The topological polar surface area (TPSA) is 26.7 Å². The van der Waals surface area contributed by atoms with E-state index in [1.54, 1.807) is 6.07 Å². The van der Waals surface area contributed by atoms with Crippen molar-refractivity contribution in [3.8, 4) is 5.75 Å². The van der Waals surface area contributed by atoms with Gasteiger partial charge in [-0.1, -0.05) is 25.1 Å². The molecule has 1 aromatic rings. The average molecular weight is 262 g/mol. The first-order valence-corrected chi connectivity index (χ1v) is 7.31. The lowest BCUT2D eigenvalue weighted by Crippen LogP contribution is -2.39. The number of likely N-dealkylation sites (tertiary alicyclic amines) is 1. The van der Waals surface area contributed by atoms with Crippen LogP contribution in [0, 0.1) is 0 Å². The highest BCUT2D eigenvalue weighted by molar-refractivity contribution is 5.34. The molecule has 19 heavy (non-hydrogen) atoms. The zero-order chi connectivity index (χ0) is 13.8. The zero-order valence-corrected chi connectivity index (χ0v) is 12.3. The number of nitrogens with zero attached hydrogens (tertiary/aromatic N) is 2. The summed E-state index contributed by atoms with van der Waals surface area (Å²) < 4.78 is 0. The number of aromatic hydroxyl groups is 1. The lowest BCUT2D eigenvalue weighted by atomic mass is 10.0. The van der Waals surface area contributed by atoms with Crippen molar-refractivity contribution in [3.63, 3.8) is 0 Å². The molecule has 1 aliphatic rings. The lowest BCUT2D eigenvalue weighted by molar-refractivity contribution is 0.146. The third-order valence-electron chi connectivity index (χ3n) is 4.08. The van der Waals surface area contributed by atoms with E-state index in [0.29, 0.717) is 17.8 Å². The lowest BCUT2D eigenvalue weighted by Gasteiger charge is -2.34. The predicted octanol–water partition coefficient (Wildman–Crippen LogP) is 2.87. The summed E-state index contributed by atoms with van der Waals surface area (Å²) in [6.07, 6.45) is 3.58. The minimum Gasteiger partial charge on any atom is -0.508 e. The average Bonchev–Trinajstić information content (AvgIpc) is 2.80. The maximum absolute atomic E-state index is 10.1. The summed E-state index contributed by atoms with van der Waals surface area (Å²) in [5.74, 6) is 0.435. The van der Waals surface area contributed by atoms with Gasteiger partial charge in [-0.15, -0.1) is 0 Å². The summed E-state index contributed by atoms with van der Waals surface area (Å²) in [6.45, 7) is 4.46. The third-order valence-corrected chi connectivity index (χ3v) is 4.08. The number of likely N-dealkylation sites (N-methyl/N-ethyl adjacent to an activating group) is 1. The van der Waals surface area contributed by atoms with Crippen molar-refractivity contribution in [3.05, 3.63) is 29.8 Å². The first-order valence-electron chi connectivity index (χ1n) is 7.31. The Hall–Kier alpha value is -1.06. The van der Waals surface area contributed by atoms with Gasteiger partial charge in [-0.05, 0) is 46.0 Å². The standard InChI is InChI=1S/C16H26N2O/c1-4-15(14-9-5-6-10-16(14)19)18-11-7-8-13(18)12-17(2)3/h5-6,9-10,13,15,19H,4,7-8,11-12H2,1-3H3. The largest absolute Gasteiger partial charge is 0.508 e. The van der Waals surface area contributed by atoms with Crippen LogP contribution in [0.25, 0.3) is 0 Å². The quantitative estimate of drug-likeness (QED) is 0.884. The first kappa shape index (κ1) is 14.4. The van der Waals surface area contributed by atoms with Gasteiger partial charge in [0.15, 0.2) is 0 Å². The Morgan fingerprint density at radius 2 is 2.11 bits per heavy atom. The van der Waals surface area contributed by atoms with Crippen LogP contribution >= 0.6 is 0 Å². The molecule has 1 saturated heterocycles. The highest BCUT2D eigenvalue weighted by Crippen LogP contribution is 2.35. The number of phenols is 1. The van der Waals surface area contributed by atoms with Gasteiger partial charge in [-0.2, -0.15) is 0 Å². The highest BCUT2D eigenvalue weighted by Gasteiger charge is 2.31. The number of para-hydroxylation sites is 1. The summed E-state index contributed by atoms with van der Waals surface area (Å²) in [5.41, 5.74) is 1.08. The molecule has 2 rings (SSSR count). The number of benzene rings is 1. The Morgan fingerprint density at radius 3 is 2.74 bits per heavy atom. The van der Waals surface area contributed by atoms with Crippen molar-refractivity contribution in [2.24, 2.45) is 0 Å². The summed E-state index contributed by atoms with van der Waals surface area (Å²) in [7, 11) is 4.27. The maximum Gasteiger partial charge on any atom is 0.120 e. The van der Waals surface area contributed by atoms with Crippen molar-refractivity contribution in [1.82, 2.24) is 9.80 Å². The molecule has 1 fully saturated rings. The van der Waals surface area contributed by atoms with E-state index in [1.807, 2.05) is 12.1 Å². The minimum absolute atomic E-state index is 0.341. The molecule has 1 heterocycles. The number of hydrogen-bond acceptors (Lipinski definition) is 3. The molecule has 2 unspecified atom stereocenters. The van der Waals surface area contributed by atoms with Gasteiger partial charge < -0.3 is 10.0 Å². The van der Waals surface area contributed by atoms with E-state index in [9.17, 15) is 5.11 Å². The van der Waals surface area contributed by atoms with Crippen LogP contribution in [-0.2, 0) is 0 Å². The van der Waals surface area contributed by atoms with Crippen LogP contribution < -0.4 is 0 Å². The molecule has 2 atom stereocenters. The molecule has 3 nitrogen and oxygen atoms in total. The molecule has 0 spiro atoms. The van der Waals surface area contributed by atoms with Crippen LogP contribution in [0.5, 0.6) is 5.75 Å². The molecule has 0 aliphatic carbocycles. The Bertz CT molecular complexity index is 405. The molecule has 3 heteroatoms. The molecule has 0 bridgehead atoms. The molecular formula is C16H26N2O. The first-order chi connectivity index (χ1) is 9.13. The fraction of sp³-hybridized carbons (Fsp3) is 0.625. The van der Waals surface area contributed by atoms with Gasteiger partial charge in [0.05, 0.1) is 0 Å². The van der Waals surface area contributed by atoms with Crippen LogP contribution in [0.1, 0.15) is 37.8 Å². The van der Waals surface area contributed by atoms with Gasteiger partial charge in [0, 0.05) is 24.2 Å². The summed E-state index contributed by atoms with van der Waals surface area (Å²) in [4.78, 5) is 4.84. The predicted molar refractivity (Wildman–Crippen MR) is 79.4 cm³/mol. The van der Waals surface area contributed by atoms with Gasteiger partial charge in [-0.3, -0.25) is 4.90 Å². The van der Waals surface area contributed by atoms with Gasteiger partial charge >= 0.3 is 0 Å². The van der Waals surface area contributed by atoms with Crippen molar-refractivity contribution >= 4 is 0 Å². The third kappa shape index (κ3) is 3.28. The fourth-order valence-corrected chi connectivity index (χ4v) is 3.29. The normalized spacial score (nSPS) is 22.0. The van der Waals surface area contributed by atoms with E-state index >= 15 is 0 Å². The van der Waals surface area contributed by atoms with Crippen LogP contribution in [0.3, 0.4) is 0 Å². The van der Waals surface area contributed by atoms with Crippen LogP contribution in [0.4, 0.5) is 0 Å². The van der Waals surface area contributed by atoms with E-state index in [0.717, 1.165) is 25.1 Å². The van der Waals surface area contributed by atoms with Crippen molar-refractivity contribution < 1.29 is 5.11 Å². The van der Waals surface area contributed by atoms with Crippen LogP contribution in [-0.4, -0.2) is 48.1 Å². The molecule has 0 aromatic heterocycles. The zero-order valence-electron chi connectivity index (χ0n) is 12.3. The van der Waals surface area contributed by atoms with Gasteiger partial charge in [0.25, 0.3) is 0 Å². The van der Waals surface area contributed by atoms with Crippen molar-refractivity contribution in [2.45, 2.75) is 38.3 Å².